The van der Waals surface area contributed by atoms with Crippen LogP contribution in [0.3, 0.4) is 0 Å². The van der Waals surface area contributed by atoms with Crippen molar-refractivity contribution >= 4 is 17.5 Å². The summed E-state index contributed by atoms with van der Waals surface area (Å²) < 4.78 is 10.8. The fourth-order valence-electron chi connectivity index (χ4n) is 3.09. The first-order valence-corrected chi connectivity index (χ1v) is 10.1. The molecule has 2 N–H and O–H groups in total. The zero-order valence-electron chi connectivity index (χ0n) is 17.7. The van der Waals surface area contributed by atoms with Crippen molar-refractivity contribution in [2.45, 2.75) is 18.9 Å². The molecule has 7 nitrogen and oxygen atoms in total. The van der Waals surface area contributed by atoms with Crippen LogP contribution in [0.15, 0.2) is 48.5 Å². The minimum atomic E-state index is -0.206. The lowest BCUT2D eigenvalue weighted by Gasteiger charge is -2.25. The lowest BCUT2D eigenvalue weighted by molar-refractivity contribution is -0.123. The standard InChI is InChI=1S/C23H29N3O4/c1-26(2)21(16-9-11-19(29-3)12-10-16)14-24-22(27)15-30-20-6-4-5-18(13-20)25-23(28)17-7-8-17/h4-6,9-13,17,21H,7-8,14-15H2,1-3H3,(H,24,27)(H,25,28). The molecule has 0 bridgehead atoms. The Morgan fingerprint density at radius 1 is 1.10 bits per heavy atom. The summed E-state index contributed by atoms with van der Waals surface area (Å²) in [6.07, 6.45) is 1.90. The molecule has 7 heteroatoms. The lowest BCUT2D eigenvalue weighted by Crippen LogP contribution is -2.36. The Labute approximate surface area is 177 Å². The number of nitrogens with one attached hydrogen (secondary N) is 2. The van der Waals surface area contributed by atoms with Crippen LogP contribution in [-0.4, -0.2) is 51.1 Å². The fourth-order valence-corrected chi connectivity index (χ4v) is 3.09. The third-order valence-corrected chi connectivity index (χ3v) is 5.04. The van der Waals surface area contributed by atoms with E-state index < -0.39 is 0 Å². The number of methoxy groups -OCH3 is 1. The van der Waals surface area contributed by atoms with Gasteiger partial charge in [0.15, 0.2) is 6.61 Å². The first kappa shape index (κ1) is 21.6. The Hall–Kier alpha value is -3.06. The second kappa shape index (κ2) is 10.1. The van der Waals surface area contributed by atoms with Crippen LogP contribution in [0.2, 0.25) is 0 Å². The molecule has 0 spiro atoms. The van der Waals surface area contributed by atoms with Gasteiger partial charge < -0.3 is 25.0 Å². The highest BCUT2D eigenvalue weighted by Crippen LogP contribution is 2.30. The second-order valence-electron chi connectivity index (χ2n) is 7.64. The number of rotatable bonds is 10. The summed E-state index contributed by atoms with van der Waals surface area (Å²) in [6.45, 7) is 0.363. The van der Waals surface area contributed by atoms with E-state index in [0.717, 1.165) is 24.2 Å². The highest BCUT2D eigenvalue weighted by Gasteiger charge is 2.29. The van der Waals surface area contributed by atoms with Crippen LogP contribution in [-0.2, 0) is 9.59 Å². The monoisotopic (exact) mass is 411 g/mol. The van der Waals surface area contributed by atoms with Gasteiger partial charge in [0.25, 0.3) is 5.91 Å². The quantitative estimate of drug-likeness (QED) is 0.629. The molecular formula is C23H29N3O4. The predicted octanol–water partition coefficient (Wildman–Crippen LogP) is 2.84. The normalized spacial score (nSPS) is 14.1. The van der Waals surface area contributed by atoms with E-state index in [4.69, 9.17) is 9.47 Å². The van der Waals surface area contributed by atoms with Gasteiger partial charge in [-0.2, -0.15) is 0 Å². The number of hydrogen-bond donors (Lipinski definition) is 2. The number of hydrogen-bond acceptors (Lipinski definition) is 5. The predicted molar refractivity (Wildman–Crippen MR) is 116 cm³/mol. The molecule has 0 aliphatic heterocycles. The molecule has 1 unspecified atom stereocenters. The summed E-state index contributed by atoms with van der Waals surface area (Å²) in [4.78, 5) is 26.2. The molecule has 0 radical (unpaired) electrons. The van der Waals surface area contributed by atoms with Gasteiger partial charge in [-0.15, -0.1) is 0 Å². The SMILES string of the molecule is COc1ccc(C(CNC(=O)COc2cccc(NC(=O)C3CC3)c2)N(C)C)cc1. The van der Waals surface area contributed by atoms with Crippen LogP contribution < -0.4 is 20.1 Å². The van der Waals surface area contributed by atoms with E-state index in [2.05, 4.69) is 15.5 Å². The minimum Gasteiger partial charge on any atom is -0.497 e. The van der Waals surface area contributed by atoms with Gasteiger partial charge in [0.2, 0.25) is 5.91 Å². The third-order valence-electron chi connectivity index (χ3n) is 5.04. The average Bonchev–Trinajstić information content (AvgIpc) is 3.58. The van der Waals surface area contributed by atoms with E-state index in [1.54, 1.807) is 25.3 Å². The summed E-state index contributed by atoms with van der Waals surface area (Å²) in [6, 6.07) is 14.9. The van der Waals surface area contributed by atoms with E-state index in [1.807, 2.05) is 44.4 Å². The third kappa shape index (κ3) is 6.22. The highest BCUT2D eigenvalue weighted by atomic mass is 16.5. The first-order chi connectivity index (χ1) is 14.5. The molecular weight excluding hydrogens is 382 g/mol. The van der Waals surface area contributed by atoms with Gasteiger partial charge in [-0.25, -0.2) is 0 Å². The maximum absolute atomic E-state index is 12.3. The number of likely N-dealkylation sites (N-methyl/N-ethyl adjacent to an activating group) is 1. The van der Waals surface area contributed by atoms with Crippen LogP contribution in [0, 0.1) is 5.92 Å². The van der Waals surface area contributed by atoms with Gasteiger partial charge in [-0.3, -0.25) is 9.59 Å². The van der Waals surface area contributed by atoms with Gasteiger partial charge in [0.05, 0.1) is 13.2 Å². The topological polar surface area (TPSA) is 79.9 Å². The van der Waals surface area contributed by atoms with Crippen LogP contribution in [0.5, 0.6) is 11.5 Å². The summed E-state index contributed by atoms with van der Waals surface area (Å²) in [5.41, 5.74) is 1.76. The molecule has 3 rings (SSSR count). The molecule has 0 saturated heterocycles. The van der Waals surface area contributed by atoms with Crippen molar-refractivity contribution in [2.75, 3.05) is 39.7 Å². The van der Waals surface area contributed by atoms with Crippen molar-refractivity contribution in [3.63, 3.8) is 0 Å². The van der Waals surface area contributed by atoms with Crippen molar-refractivity contribution in [1.82, 2.24) is 10.2 Å². The summed E-state index contributed by atoms with van der Waals surface area (Å²) >= 11 is 0. The zero-order valence-corrected chi connectivity index (χ0v) is 17.7. The maximum Gasteiger partial charge on any atom is 0.258 e. The van der Waals surface area contributed by atoms with E-state index in [1.165, 1.54) is 0 Å². The first-order valence-electron chi connectivity index (χ1n) is 10.1. The summed E-state index contributed by atoms with van der Waals surface area (Å²) in [7, 11) is 5.58. The highest BCUT2D eigenvalue weighted by molar-refractivity contribution is 5.94. The zero-order chi connectivity index (χ0) is 21.5. The van der Waals surface area contributed by atoms with Crippen molar-refractivity contribution < 1.29 is 19.1 Å². The van der Waals surface area contributed by atoms with Gasteiger partial charge in [-0.1, -0.05) is 18.2 Å². The Bertz CT molecular complexity index is 863. The molecule has 2 amide bonds. The van der Waals surface area contributed by atoms with Gasteiger partial charge in [0.1, 0.15) is 11.5 Å². The van der Waals surface area contributed by atoms with E-state index >= 15 is 0 Å². The number of carbonyl (C=O) groups is 2. The molecule has 1 atom stereocenters. The van der Waals surface area contributed by atoms with Crippen molar-refractivity contribution in [3.05, 3.63) is 54.1 Å². The Morgan fingerprint density at radius 3 is 2.47 bits per heavy atom. The van der Waals surface area contributed by atoms with Crippen LogP contribution in [0.1, 0.15) is 24.4 Å². The van der Waals surface area contributed by atoms with Crippen LogP contribution in [0.25, 0.3) is 0 Å². The Morgan fingerprint density at radius 2 is 1.83 bits per heavy atom. The minimum absolute atomic E-state index is 0.0285. The smallest absolute Gasteiger partial charge is 0.258 e. The van der Waals surface area contributed by atoms with Crippen molar-refractivity contribution in [3.8, 4) is 11.5 Å². The summed E-state index contributed by atoms with van der Waals surface area (Å²) in [5.74, 6) is 1.30. The molecule has 2 aromatic rings. The van der Waals surface area contributed by atoms with Crippen molar-refractivity contribution in [2.24, 2.45) is 5.92 Å². The largest absolute Gasteiger partial charge is 0.497 e. The number of benzene rings is 2. The Kier molecular flexibility index (Phi) is 7.30. The number of anilines is 1. The molecule has 1 fully saturated rings. The lowest BCUT2D eigenvalue weighted by atomic mass is 10.1. The molecule has 1 aliphatic rings. The average molecular weight is 412 g/mol. The summed E-state index contributed by atoms with van der Waals surface area (Å²) in [5, 5.41) is 5.80. The number of carbonyl (C=O) groups excluding carboxylic acids is 2. The Balaban J connectivity index is 1.49. The van der Waals surface area contributed by atoms with E-state index in [-0.39, 0.29) is 30.4 Å². The number of nitrogens with zero attached hydrogens (tertiary/aromatic N) is 1. The van der Waals surface area contributed by atoms with Gasteiger partial charge >= 0.3 is 0 Å². The van der Waals surface area contributed by atoms with Gasteiger partial charge in [-0.05, 0) is 56.8 Å². The van der Waals surface area contributed by atoms with Crippen LogP contribution >= 0.6 is 0 Å². The maximum atomic E-state index is 12.3. The molecule has 2 aromatic carbocycles. The van der Waals surface area contributed by atoms with Crippen molar-refractivity contribution in [1.29, 1.82) is 0 Å². The van der Waals surface area contributed by atoms with Crippen LogP contribution in [0.4, 0.5) is 5.69 Å². The fraction of sp³-hybridized carbons (Fsp3) is 0.391. The molecule has 30 heavy (non-hydrogen) atoms. The van der Waals surface area contributed by atoms with Gasteiger partial charge in [0, 0.05) is 24.2 Å². The molecule has 160 valence electrons. The number of ether oxygens (including phenoxy) is 2. The molecule has 0 aromatic heterocycles. The second-order valence-corrected chi connectivity index (χ2v) is 7.64. The molecule has 1 saturated carbocycles. The molecule has 0 heterocycles. The number of amides is 2. The van der Waals surface area contributed by atoms with E-state index in [0.29, 0.717) is 18.0 Å². The van der Waals surface area contributed by atoms with E-state index in [9.17, 15) is 9.59 Å². The molecule has 1 aliphatic carbocycles.